The lowest BCUT2D eigenvalue weighted by Crippen LogP contribution is -2.58. The molecule has 0 bridgehead atoms. The SMILES string of the molecule is COC(=O)NCC1CC(C)C2C(CC3(C)C4CCC5C(C)(C)C(O)CCC56CC46CCC23C)O1. The number of methoxy groups -OCH3 is 1. The fraction of sp³-hybridized carbons (Fsp3) is 0.966. The minimum Gasteiger partial charge on any atom is -0.453 e. The second-order valence-corrected chi connectivity index (χ2v) is 14.5. The number of hydrogen-bond acceptors (Lipinski definition) is 4. The van der Waals surface area contributed by atoms with Crippen molar-refractivity contribution in [1.82, 2.24) is 5.32 Å². The monoisotopic (exact) mass is 473 g/mol. The molecular formula is C29H47NO4. The molecule has 11 unspecified atom stereocenters. The average molecular weight is 474 g/mol. The Balaban J connectivity index is 1.28. The summed E-state index contributed by atoms with van der Waals surface area (Å²) in [5.41, 5.74) is 1.68. The van der Waals surface area contributed by atoms with Crippen molar-refractivity contribution < 1.29 is 19.4 Å². The first-order valence-corrected chi connectivity index (χ1v) is 14.1. The van der Waals surface area contributed by atoms with E-state index >= 15 is 0 Å². The van der Waals surface area contributed by atoms with Gasteiger partial charge >= 0.3 is 6.09 Å². The molecule has 1 aliphatic heterocycles. The Hall–Kier alpha value is -0.810. The lowest BCUT2D eigenvalue weighted by atomic mass is 9.41. The molecule has 6 fully saturated rings. The van der Waals surface area contributed by atoms with E-state index in [9.17, 15) is 9.90 Å². The second kappa shape index (κ2) is 7.15. The van der Waals surface area contributed by atoms with Gasteiger partial charge in [0.25, 0.3) is 0 Å². The van der Waals surface area contributed by atoms with Gasteiger partial charge in [-0.05, 0) is 109 Å². The van der Waals surface area contributed by atoms with Crippen LogP contribution in [0.15, 0.2) is 0 Å². The fourth-order valence-corrected chi connectivity index (χ4v) is 11.8. The summed E-state index contributed by atoms with van der Waals surface area (Å²) in [6.45, 7) is 13.0. The maximum Gasteiger partial charge on any atom is 0.406 e. The molecule has 5 aliphatic carbocycles. The first-order chi connectivity index (χ1) is 15.9. The van der Waals surface area contributed by atoms with Crippen molar-refractivity contribution in [2.75, 3.05) is 13.7 Å². The van der Waals surface area contributed by atoms with Crippen LogP contribution < -0.4 is 5.32 Å². The minimum atomic E-state index is -0.365. The molecule has 0 aromatic heterocycles. The molecule has 5 nitrogen and oxygen atoms in total. The predicted octanol–water partition coefficient (Wildman–Crippen LogP) is 5.55. The molecule has 11 atom stereocenters. The molecule has 192 valence electrons. The van der Waals surface area contributed by atoms with Crippen LogP contribution in [0.4, 0.5) is 4.79 Å². The summed E-state index contributed by atoms with van der Waals surface area (Å²) in [4.78, 5) is 11.6. The van der Waals surface area contributed by atoms with E-state index in [1.165, 1.54) is 52.1 Å². The van der Waals surface area contributed by atoms with Crippen LogP contribution in [-0.4, -0.2) is 43.2 Å². The third-order valence-corrected chi connectivity index (χ3v) is 13.4. The van der Waals surface area contributed by atoms with Crippen molar-refractivity contribution in [3.8, 4) is 0 Å². The predicted molar refractivity (Wildman–Crippen MR) is 131 cm³/mol. The number of aliphatic hydroxyl groups is 1. The van der Waals surface area contributed by atoms with Crippen LogP contribution in [0, 0.1) is 50.7 Å². The van der Waals surface area contributed by atoms with Gasteiger partial charge in [-0.1, -0.05) is 34.6 Å². The van der Waals surface area contributed by atoms with Gasteiger partial charge in [0, 0.05) is 6.54 Å². The molecule has 2 spiro atoms. The number of fused-ring (bicyclic) bond motifs is 4. The number of rotatable bonds is 2. The summed E-state index contributed by atoms with van der Waals surface area (Å²) in [6, 6.07) is 0. The summed E-state index contributed by atoms with van der Waals surface area (Å²) < 4.78 is 11.6. The molecule has 6 rings (SSSR count). The Kier molecular flexibility index (Phi) is 4.96. The molecule has 1 heterocycles. The number of carbonyl (C=O) groups is 1. The smallest absolute Gasteiger partial charge is 0.406 e. The van der Waals surface area contributed by atoms with Crippen molar-refractivity contribution in [3.63, 3.8) is 0 Å². The maximum atomic E-state index is 11.6. The Morgan fingerprint density at radius 2 is 1.74 bits per heavy atom. The van der Waals surface area contributed by atoms with Crippen molar-refractivity contribution in [2.45, 2.75) is 111 Å². The molecular weight excluding hydrogens is 426 g/mol. The molecule has 1 amide bonds. The van der Waals surface area contributed by atoms with Gasteiger partial charge < -0.3 is 19.9 Å². The zero-order chi connectivity index (χ0) is 24.3. The molecule has 5 saturated carbocycles. The van der Waals surface area contributed by atoms with Gasteiger partial charge in [0.2, 0.25) is 0 Å². The van der Waals surface area contributed by atoms with Gasteiger partial charge in [0.15, 0.2) is 0 Å². The molecule has 0 radical (unpaired) electrons. The number of ether oxygens (including phenoxy) is 2. The minimum absolute atomic E-state index is 0.0511. The van der Waals surface area contributed by atoms with E-state index in [1.807, 2.05) is 0 Å². The van der Waals surface area contributed by atoms with Gasteiger partial charge in [0.1, 0.15) is 0 Å². The maximum absolute atomic E-state index is 11.6. The standard InChI is InChI=1S/C29H47NO4/c1-17-13-18(15-30-24(32)33-6)34-19-14-27(5)21-8-7-20-25(2,3)22(31)9-10-28(20)16-29(21,28)12-11-26(27,4)23(17)19/h17-23,31H,7-16H2,1-6H3,(H,30,32). The normalized spacial score (nSPS) is 56.7. The highest BCUT2D eigenvalue weighted by atomic mass is 16.5. The van der Waals surface area contributed by atoms with Gasteiger partial charge in [-0.2, -0.15) is 0 Å². The van der Waals surface area contributed by atoms with E-state index < -0.39 is 0 Å². The Morgan fingerprint density at radius 1 is 1.03 bits per heavy atom. The van der Waals surface area contributed by atoms with Crippen LogP contribution >= 0.6 is 0 Å². The number of nitrogens with one attached hydrogen (secondary N) is 1. The highest BCUT2D eigenvalue weighted by Crippen LogP contribution is 2.89. The van der Waals surface area contributed by atoms with Crippen LogP contribution in [0.25, 0.3) is 0 Å². The summed E-state index contributed by atoms with van der Waals surface area (Å²) in [7, 11) is 1.42. The topological polar surface area (TPSA) is 67.8 Å². The quantitative estimate of drug-likeness (QED) is 0.552. The third kappa shape index (κ3) is 2.67. The van der Waals surface area contributed by atoms with E-state index in [0.717, 1.165) is 18.8 Å². The van der Waals surface area contributed by atoms with Gasteiger partial charge in [0.05, 0.1) is 25.4 Å². The van der Waals surface area contributed by atoms with E-state index in [-0.39, 0.29) is 23.7 Å². The molecule has 6 aliphatic rings. The van der Waals surface area contributed by atoms with E-state index in [0.29, 0.717) is 52.1 Å². The number of amides is 1. The van der Waals surface area contributed by atoms with Gasteiger partial charge in [-0.3, -0.25) is 0 Å². The second-order valence-electron chi connectivity index (χ2n) is 14.5. The third-order valence-electron chi connectivity index (χ3n) is 13.4. The highest BCUT2D eigenvalue weighted by Gasteiger charge is 2.83. The Morgan fingerprint density at radius 3 is 2.47 bits per heavy atom. The zero-order valence-electron chi connectivity index (χ0n) is 22.3. The van der Waals surface area contributed by atoms with E-state index in [4.69, 9.17) is 9.47 Å². The lowest BCUT2D eigenvalue weighted by Gasteiger charge is -2.63. The average Bonchev–Trinajstić information content (AvgIpc) is 3.38. The van der Waals surface area contributed by atoms with Crippen molar-refractivity contribution in [1.29, 1.82) is 0 Å². The van der Waals surface area contributed by atoms with E-state index in [1.54, 1.807) is 0 Å². The number of hydrogen-bond donors (Lipinski definition) is 2. The van der Waals surface area contributed by atoms with Crippen LogP contribution in [0.3, 0.4) is 0 Å². The van der Waals surface area contributed by atoms with Crippen LogP contribution in [-0.2, 0) is 9.47 Å². The van der Waals surface area contributed by atoms with Crippen LogP contribution in [0.2, 0.25) is 0 Å². The summed E-state index contributed by atoms with van der Waals surface area (Å²) in [5.74, 6) is 2.69. The largest absolute Gasteiger partial charge is 0.453 e. The highest BCUT2D eigenvalue weighted by molar-refractivity contribution is 5.66. The molecule has 0 aromatic carbocycles. The van der Waals surface area contributed by atoms with Crippen LogP contribution in [0.1, 0.15) is 92.4 Å². The molecule has 1 saturated heterocycles. The zero-order valence-corrected chi connectivity index (χ0v) is 22.3. The molecule has 2 N–H and O–H groups in total. The first kappa shape index (κ1) is 23.6. The Labute approximate surface area is 206 Å². The van der Waals surface area contributed by atoms with Crippen molar-refractivity contribution >= 4 is 6.09 Å². The number of carbonyl (C=O) groups excluding carboxylic acids is 1. The van der Waals surface area contributed by atoms with Crippen molar-refractivity contribution in [3.05, 3.63) is 0 Å². The van der Waals surface area contributed by atoms with Gasteiger partial charge in [-0.25, -0.2) is 4.79 Å². The number of aliphatic hydroxyl groups excluding tert-OH is 1. The summed E-state index contributed by atoms with van der Waals surface area (Å²) in [5, 5.41) is 13.8. The van der Waals surface area contributed by atoms with Crippen LogP contribution in [0.5, 0.6) is 0 Å². The fourth-order valence-electron chi connectivity index (χ4n) is 11.8. The van der Waals surface area contributed by atoms with Gasteiger partial charge in [-0.15, -0.1) is 0 Å². The summed E-state index contributed by atoms with van der Waals surface area (Å²) in [6.07, 6.45) is 11.1. The number of alkyl carbamates (subject to hydrolysis) is 1. The lowest BCUT2D eigenvalue weighted by molar-refractivity contribution is -0.166. The van der Waals surface area contributed by atoms with E-state index in [2.05, 4.69) is 39.9 Å². The summed E-state index contributed by atoms with van der Waals surface area (Å²) >= 11 is 0. The first-order valence-electron chi connectivity index (χ1n) is 14.1. The molecule has 0 aromatic rings. The Bertz CT molecular complexity index is 874. The van der Waals surface area contributed by atoms with Crippen molar-refractivity contribution in [2.24, 2.45) is 50.7 Å². The molecule has 34 heavy (non-hydrogen) atoms. The molecule has 5 heteroatoms.